The van der Waals surface area contributed by atoms with E-state index < -0.39 is 0 Å². The quantitative estimate of drug-likeness (QED) is 0.756. The maximum Gasteiger partial charge on any atom is 0.252 e. The van der Waals surface area contributed by atoms with Crippen molar-refractivity contribution >= 4 is 27.5 Å². The number of benzene rings is 1. The first-order valence-electron chi connectivity index (χ1n) is 7.50. The van der Waals surface area contributed by atoms with Gasteiger partial charge in [0.05, 0.1) is 25.5 Å². The average molecular weight is 368 g/mol. The Kier molecular flexibility index (Phi) is 6.89. The molecule has 1 aromatic carbocycles. The van der Waals surface area contributed by atoms with Crippen molar-refractivity contribution in [1.82, 2.24) is 15.8 Å². The molecule has 6 heteroatoms. The highest BCUT2D eigenvalue weighted by molar-refractivity contribution is 9.10. The molecule has 1 aliphatic heterocycles. The molecule has 2 rings (SSSR count). The van der Waals surface area contributed by atoms with Crippen LogP contribution in [0.25, 0.3) is 5.70 Å². The summed E-state index contributed by atoms with van der Waals surface area (Å²) in [6.07, 6.45) is 2.94. The molecule has 1 heterocycles. The van der Waals surface area contributed by atoms with Gasteiger partial charge in [-0.25, -0.2) is 0 Å². The highest BCUT2D eigenvalue weighted by Crippen LogP contribution is 2.16. The molecule has 1 saturated heterocycles. The van der Waals surface area contributed by atoms with Crippen molar-refractivity contribution in [2.24, 2.45) is 0 Å². The number of morpholine rings is 1. The summed E-state index contributed by atoms with van der Waals surface area (Å²) < 4.78 is 6.31. The first kappa shape index (κ1) is 17.0. The molecule has 0 saturated carbocycles. The monoisotopic (exact) mass is 367 g/mol. The van der Waals surface area contributed by atoms with Crippen molar-refractivity contribution in [3.05, 3.63) is 40.4 Å². The fourth-order valence-electron chi connectivity index (χ4n) is 2.21. The number of nitrogens with one attached hydrogen (secondary N) is 2. The molecule has 0 bridgehead atoms. The summed E-state index contributed by atoms with van der Waals surface area (Å²) in [5.41, 5.74) is 7.76. The van der Waals surface area contributed by atoms with Crippen LogP contribution in [0.3, 0.4) is 0 Å². The summed E-state index contributed by atoms with van der Waals surface area (Å²) in [6, 6.07) is 7.98. The van der Waals surface area contributed by atoms with Crippen LogP contribution in [0.15, 0.2) is 34.8 Å². The van der Waals surface area contributed by atoms with Crippen LogP contribution in [0.2, 0.25) is 0 Å². The third kappa shape index (κ3) is 5.44. The van der Waals surface area contributed by atoms with Crippen LogP contribution in [0, 0.1) is 0 Å². The molecule has 0 unspecified atom stereocenters. The van der Waals surface area contributed by atoms with Gasteiger partial charge < -0.3 is 4.74 Å². The molecular formula is C16H22BrN3O2. The van der Waals surface area contributed by atoms with Gasteiger partial charge in [0.1, 0.15) is 0 Å². The van der Waals surface area contributed by atoms with Crippen LogP contribution in [-0.4, -0.2) is 43.7 Å². The fourth-order valence-corrected chi connectivity index (χ4v) is 2.48. The van der Waals surface area contributed by atoms with Crippen molar-refractivity contribution < 1.29 is 9.53 Å². The maximum absolute atomic E-state index is 12.0. The molecule has 1 amide bonds. The van der Waals surface area contributed by atoms with Gasteiger partial charge in [0.15, 0.2) is 0 Å². The van der Waals surface area contributed by atoms with E-state index >= 15 is 0 Å². The highest BCUT2D eigenvalue weighted by atomic mass is 79.9. The minimum Gasteiger partial charge on any atom is -0.379 e. The Morgan fingerprint density at radius 1 is 1.27 bits per heavy atom. The van der Waals surface area contributed by atoms with Crippen molar-refractivity contribution in [3.8, 4) is 0 Å². The maximum atomic E-state index is 12.0. The summed E-state index contributed by atoms with van der Waals surface area (Å²) in [5, 5.41) is 0. The molecular weight excluding hydrogens is 346 g/mol. The molecule has 2 N–H and O–H groups in total. The smallest absolute Gasteiger partial charge is 0.252 e. The zero-order valence-electron chi connectivity index (χ0n) is 12.8. The minimum absolute atomic E-state index is 0.0407. The topological polar surface area (TPSA) is 53.6 Å². The van der Waals surface area contributed by atoms with E-state index in [1.165, 1.54) is 0 Å². The molecule has 0 aromatic heterocycles. The number of nitrogens with zero attached hydrogens (tertiary/aromatic N) is 1. The fraction of sp³-hybridized carbons (Fsp3) is 0.438. The average Bonchev–Trinajstić information content (AvgIpc) is 2.53. The summed E-state index contributed by atoms with van der Waals surface area (Å²) in [7, 11) is 0. The van der Waals surface area contributed by atoms with Crippen LogP contribution in [-0.2, 0) is 9.53 Å². The predicted molar refractivity (Wildman–Crippen MR) is 90.9 cm³/mol. The molecule has 0 atom stereocenters. The van der Waals surface area contributed by atoms with E-state index in [1.807, 2.05) is 24.3 Å². The first-order chi connectivity index (χ1) is 10.7. The van der Waals surface area contributed by atoms with Gasteiger partial charge in [-0.05, 0) is 24.1 Å². The van der Waals surface area contributed by atoms with Gasteiger partial charge in [-0.2, -0.15) is 0 Å². The van der Waals surface area contributed by atoms with Crippen molar-refractivity contribution in [2.45, 2.75) is 13.3 Å². The number of ether oxygens (including phenoxy) is 1. The number of carbonyl (C=O) groups excluding carboxylic acids is 1. The highest BCUT2D eigenvalue weighted by Gasteiger charge is 2.14. The van der Waals surface area contributed by atoms with Crippen molar-refractivity contribution in [1.29, 1.82) is 0 Å². The molecule has 1 aliphatic rings. The van der Waals surface area contributed by atoms with E-state index in [1.54, 1.807) is 0 Å². The summed E-state index contributed by atoms with van der Waals surface area (Å²) in [6.45, 7) is 5.45. The lowest BCUT2D eigenvalue weighted by Gasteiger charge is -2.26. The lowest BCUT2D eigenvalue weighted by molar-refractivity contribution is -0.123. The second-order valence-corrected chi connectivity index (χ2v) is 6.01. The van der Waals surface area contributed by atoms with Crippen LogP contribution in [0.5, 0.6) is 0 Å². The Morgan fingerprint density at radius 2 is 1.95 bits per heavy atom. The van der Waals surface area contributed by atoms with Crippen LogP contribution in [0.1, 0.15) is 18.9 Å². The molecule has 1 fully saturated rings. The van der Waals surface area contributed by atoms with E-state index in [4.69, 9.17) is 4.74 Å². The number of allylic oxidation sites excluding steroid dienone is 1. The Balaban J connectivity index is 1.87. The number of carbonyl (C=O) groups is 1. The lowest BCUT2D eigenvalue weighted by atomic mass is 10.1. The van der Waals surface area contributed by atoms with Crippen molar-refractivity contribution in [2.75, 3.05) is 32.8 Å². The summed E-state index contributed by atoms with van der Waals surface area (Å²) >= 11 is 3.43. The zero-order chi connectivity index (χ0) is 15.8. The largest absolute Gasteiger partial charge is 0.379 e. The minimum atomic E-state index is -0.0407. The second-order valence-electron chi connectivity index (χ2n) is 5.09. The number of hydrogen-bond acceptors (Lipinski definition) is 4. The van der Waals surface area contributed by atoms with E-state index in [0.29, 0.717) is 19.8 Å². The summed E-state index contributed by atoms with van der Waals surface area (Å²) in [5.74, 6) is -0.0407. The van der Waals surface area contributed by atoms with Gasteiger partial charge >= 0.3 is 0 Å². The standard InChI is InChI=1S/C16H22BrN3O2/c1-2-3-15(13-4-6-14(17)7-5-13)18-19-16(21)12-20-8-10-22-11-9-20/h3-7,18H,2,8-12H2,1H3,(H,19,21)/b15-3+. The zero-order valence-corrected chi connectivity index (χ0v) is 14.4. The predicted octanol–water partition coefficient (Wildman–Crippen LogP) is 2.15. The third-order valence-corrected chi connectivity index (χ3v) is 3.90. The molecule has 120 valence electrons. The molecule has 0 aliphatic carbocycles. The molecule has 0 radical (unpaired) electrons. The number of amides is 1. The Morgan fingerprint density at radius 3 is 2.59 bits per heavy atom. The Labute approximate surface area is 139 Å². The lowest BCUT2D eigenvalue weighted by Crippen LogP contribution is -2.46. The van der Waals surface area contributed by atoms with Gasteiger partial charge in [0, 0.05) is 17.6 Å². The SMILES string of the molecule is CC/C=C(/NNC(=O)CN1CCOCC1)c1ccc(Br)cc1. The number of hydrazine groups is 1. The normalized spacial score (nSPS) is 16.4. The third-order valence-electron chi connectivity index (χ3n) is 3.37. The van der Waals surface area contributed by atoms with Crippen LogP contribution < -0.4 is 10.9 Å². The van der Waals surface area contributed by atoms with Crippen LogP contribution in [0.4, 0.5) is 0 Å². The van der Waals surface area contributed by atoms with Gasteiger partial charge in [0.25, 0.3) is 5.91 Å². The number of halogens is 1. The first-order valence-corrected chi connectivity index (χ1v) is 8.29. The number of hydrogen-bond donors (Lipinski definition) is 2. The molecule has 0 spiro atoms. The van der Waals surface area contributed by atoms with E-state index in [0.717, 1.165) is 35.2 Å². The van der Waals surface area contributed by atoms with E-state index in [-0.39, 0.29) is 5.91 Å². The van der Waals surface area contributed by atoms with Crippen LogP contribution >= 0.6 is 15.9 Å². The summed E-state index contributed by atoms with van der Waals surface area (Å²) in [4.78, 5) is 14.1. The number of rotatable bonds is 6. The Bertz CT molecular complexity index is 511. The van der Waals surface area contributed by atoms with Gasteiger partial charge in [-0.15, -0.1) is 0 Å². The van der Waals surface area contributed by atoms with Gasteiger partial charge in [-0.3, -0.25) is 20.5 Å². The molecule has 22 heavy (non-hydrogen) atoms. The van der Waals surface area contributed by atoms with Gasteiger partial charge in [0.2, 0.25) is 0 Å². The van der Waals surface area contributed by atoms with E-state index in [9.17, 15) is 4.79 Å². The molecule has 5 nitrogen and oxygen atoms in total. The van der Waals surface area contributed by atoms with Gasteiger partial charge in [-0.1, -0.05) is 41.1 Å². The Hall–Kier alpha value is -1.37. The second kappa shape index (κ2) is 8.92. The van der Waals surface area contributed by atoms with Crippen molar-refractivity contribution in [3.63, 3.8) is 0 Å². The van der Waals surface area contributed by atoms with E-state index in [2.05, 4.69) is 44.7 Å². The molecule has 1 aromatic rings.